The molecule has 8 heteroatoms. The maximum Gasteiger partial charge on any atom is 0.224 e. The van der Waals surface area contributed by atoms with E-state index < -0.39 is 0 Å². The molecular formula is C24H29FN6O. The van der Waals surface area contributed by atoms with E-state index in [0.29, 0.717) is 31.2 Å². The van der Waals surface area contributed by atoms with Crippen LogP contribution in [0.3, 0.4) is 0 Å². The SMILES string of the molecule is CCNC(=NCCc1ccc(-n2cccn2)cc1)NCCNC(=O)Cc1cccc(F)c1. The summed E-state index contributed by atoms with van der Waals surface area (Å²) in [5.74, 6) is 0.232. The summed E-state index contributed by atoms with van der Waals surface area (Å²) in [7, 11) is 0. The standard InChI is InChI=1S/C24H29FN6O/c1-2-26-24(29-15-14-27-23(32)18-20-5-3-6-21(25)17-20)28-13-11-19-7-9-22(10-8-19)31-16-4-12-30-31/h3-10,12,16-17H,2,11,13-15,18H2,1H3,(H,27,32)(H2,26,28,29). The topological polar surface area (TPSA) is 83.3 Å². The summed E-state index contributed by atoms with van der Waals surface area (Å²) in [6, 6.07) is 16.2. The van der Waals surface area contributed by atoms with Gasteiger partial charge in [-0.3, -0.25) is 9.79 Å². The zero-order chi connectivity index (χ0) is 22.6. The van der Waals surface area contributed by atoms with Crippen molar-refractivity contribution in [2.24, 2.45) is 4.99 Å². The molecule has 0 fully saturated rings. The van der Waals surface area contributed by atoms with Crippen molar-refractivity contribution in [3.63, 3.8) is 0 Å². The molecule has 3 rings (SSSR count). The highest BCUT2D eigenvalue weighted by atomic mass is 19.1. The molecule has 3 N–H and O–H groups in total. The zero-order valence-corrected chi connectivity index (χ0v) is 18.2. The molecule has 3 aromatic rings. The summed E-state index contributed by atoms with van der Waals surface area (Å²) in [5.41, 5.74) is 2.88. The molecule has 1 amide bonds. The summed E-state index contributed by atoms with van der Waals surface area (Å²) in [5, 5.41) is 13.5. The summed E-state index contributed by atoms with van der Waals surface area (Å²) in [6.07, 6.45) is 4.65. The molecule has 0 atom stereocenters. The van der Waals surface area contributed by atoms with Gasteiger partial charge in [-0.1, -0.05) is 24.3 Å². The normalized spacial score (nSPS) is 11.2. The van der Waals surface area contributed by atoms with Crippen LogP contribution in [0.2, 0.25) is 0 Å². The molecule has 0 spiro atoms. The minimum Gasteiger partial charge on any atom is -0.357 e. The van der Waals surface area contributed by atoms with Crippen LogP contribution in [-0.4, -0.2) is 47.8 Å². The molecule has 168 valence electrons. The van der Waals surface area contributed by atoms with Crippen LogP contribution in [0.1, 0.15) is 18.1 Å². The highest BCUT2D eigenvalue weighted by Crippen LogP contribution is 2.09. The van der Waals surface area contributed by atoms with E-state index in [1.807, 2.05) is 36.0 Å². The number of nitrogens with zero attached hydrogens (tertiary/aromatic N) is 3. The Bertz CT molecular complexity index is 1000. The van der Waals surface area contributed by atoms with Crippen molar-refractivity contribution >= 4 is 11.9 Å². The Kier molecular flexibility index (Phi) is 8.80. The quantitative estimate of drug-likeness (QED) is 0.259. The third kappa shape index (κ3) is 7.54. The van der Waals surface area contributed by atoms with Crippen LogP contribution in [0.5, 0.6) is 0 Å². The Morgan fingerprint density at radius 2 is 1.84 bits per heavy atom. The molecule has 0 unspecified atom stereocenters. The fourth-order valence-electron chi connectivity index (χ4n) is 3.15. The molecule has 1 aromatic heterocycles. The van der Waals surface area contributed by atoms with Crippen LogP contribution in [0.15, 0.2) is 72.0 Å². The number of hydrogen-bond donors (Lipinski definition) is 3. The monoisotopic (exact) mass is 436 g/mol. The molecule has 0 saturated heterocycles. The number of guanidine groups is 1. The molecule has 0 radical (unpaired) electrons. The van der Waals surface area contributed by atoms with Crippen molar-refractivity contribution in [3.05, 3.63) is 83.9 Å². The minimum atomic E-state index is -0.336. The second-order valence-electron chi connectivity index (χ2n) is 7.21. The average molecular weight is 437 g/mol. The number of carbonyl (C=O) groups is 1. The highest BCUT2D eigenvalue weighted by molar-refractivity contribution is 5.80. The van der Waals surface area contributed by atoms with Gasteiger partial charge in [-0.2, -0.15) is 5.10 Å². The van der Waals surface area contributed by atoms with E-state index in [2.05, 4.69) is 38.2 Å². The second-order valence-corrected chi connectivity index (χ2v) is 7.21. The van der Waals surface area contributed by atoms with E-state index in [-0.39, 0.29) is 18.1 Å². The number of aromatic nitrogens is 2. The van der Waals surface area contributed by atoms with E-state index >= 15 is 0 Å². The van der Waals surface area contributed by atoms with Crippen LogP contribution in [0.4, 0.5) is 4.39 Å². The second kappa shape index (κ2) is 12.2. The zero-order valence-electron chi connectivity index (χ0n) is 18.2. The number of carbonyl (C=O) groups excluding carboxylic acids is 1. The van der Waals surface area contributed by atoms with Gasteiger partial charge in [-0.15, -0.1) is 0 Å². The molecule has 0 aliphatic rings. The predicted molar refractivity (Wildman–Crippen MR) is 124 cm³/mol. The average Bonchev–Trinajstić information content (AvgIpc) is 3.32. The number of rotatable bonds is 10. The van der Waals surface area contributed by atoms with Crippen LogP contribution in [0, 0.1) is 5.82 Å². The Labute approximate surface area is 187 Å². The van der Waals surface area contributed by atoms with Gasteiger partial charge >= 0.3 is 0 Å². The molecule has 7 nitrogen and oxygen atoms in total. The van der Waals surface area contributed by atoms with Gasteiger partial charge in [0, 0.05) is 38.6 Å². The number of benzene rings is 2. The molecule has 0 saturated carbocycles. The van der Waals surface area contributed by atoms with Gasteiger partial charge in [-0.25, -0.2) is 9.07 Å². The molecule has 0 bridgehead atoms. The van der Waals surface area contributed by atoms with E-state index in [1.54, 1.807) is 18.3 Å². The molecular weight excluding hydrogens is 407 g/mol. The molecule has 0 aliphatic carbocycles. The van der Waals surface area contributed by atoms with Gasteiger partial charge in [0.15, 0.2) is 5.96 Å². The van der Waals surface area contributed by atoms with Gasteiger partial charge in [0.05, 0.1) is 12.1 Å². The van der Waals surface area contributed by atoms with E-state index in [4.69, 9.17) is 0 Å². The van der Waals surface area contributed by atoms with Crippen molar-refractivity contribution in [2.75, 3.05) is 26.2 Å². The number of halogens is 1. The van der Waals surface area contributed by atoms with Gasteiger partial charge < -0.3 is 16.0 Å². The van der Waals surface area contributed by atoms with Crippen LogP contribution in [-0.2, 0) is 17.6 Å². The fraction of sp³-hybridized carbons (Fsp3) is 0.292. The van der Waals surface area contributed by atoms with Crippen LogP contribution < -0.4 is 16.0 Å². The lowest BCUT2D eigenvalue weighted by atomic mass is 10.1. The van der Waals surface area contributed by atoms with Crippen LogP contribution in [0.25, 0.3) is 5.69 Å². The lowest BCUT2D eigenvalue weighted by Gasteiger charge is -2.12. The van der Waals surface area contributed by atoms with Crippen molar-refractivity contribution in [3.8, 4) is 5.69 Å². The first-order valence-corrected chi connectivity index (χ1v) is 10.8. The van der Waals surface area contributed by atoms with Gasteiger partial charge in [0.25, 0.3) is 0 Å². The highest BCUT2D eigenvalue weighted by Gasteiger charge is 2.04. The van der Waals surface area contributed by atoms with Crippen molar-refractivity contribution in [2.45, 2.75) is 19.8 Å². The van der Waals surface area contributed by atoms with Gasteiger partial charge in [0.1, 0.15) is 5.82 Å². The summed E-state index contributed by atoms with van der Waals surface area (Å²) >= 11 is 0. The summed E-state index contributed by atoms with van der Waals surface area (Å²) in [6.45, 7) is 4.39. The number of nitrogens with one attached hydrogen (secondary N) is 3. The van der Waals surface area contributed by atoms with Crippen molar-refractivity contribution < 1.29 is 9.18 Å². The smallest absolute Gasteiger partial charge is 0.224 e. The minimum absolute atomic E-state index is 0.141. The molecule has 0 aliphatic heterocycles. The Morgan fingerprint density at radius 3 is 2.56 bits per heavy atom. The number of aliphatic imine (C=N–C) groups is 1. The maximum atomic E-state index is 13.2. The van der Waals surface area contributed by atoms with E-state index in [9.17, 15) is 9.18 Å². The lowest BCUT2D eigenvalue weighted by Crippen LogP contribution is -2.41. The first-order chi connectivity index (χ1) is 15.6. The summed E-state index contributed by atoms with van der Waals surface area (Å²) < 4.78 is 15.0. The maximum absolute atomic E-state index is 13.2. The first-order valence-electron chi connectivity index (χ1n) is 10.8. The fourth-order valence-corrected chi connectivity index (χ4v) is 3.15. The first kappa shape index (κ1) is 23.0. The van der Waals surface area contributed by atoms with Gasteiger partial charge in [0.2, 0.25) is 5.91 Å². The van der Waals surface area contributed by atoms with Crippen LogP contribution >= 0.6 is 0 Å². The van der Waals surface area contributed by atoms with Crippen molar-refractivity contribution in [1.29, 1.82) is 0 Å². The molecule has 2 aromatic carbocycles. The number of amides is 1. The third-order valence-electron chi connectivity index (χ3n) is 4.71. The molecule has 1 heterocycles. The van der Waals surface area contributed by atoms with E-state index in [0.717, 1.165) is 18.7 Å². The third-order valence-corrected chi connectivity index (χ3v) is 4.71. The molecule has 32 heavy (non-hydrogen) atoms. The Balaban J connectivity index is 1.39. The Hall–Kier alpha value is -3.68. The summed E-state index contributed by atoms with van der Waals surface area (Å²) in [4.78, 5) is 16.6. The lowest BCUT2D eigenvalue weighted by molar-refractivity contribution is -0.120. The van der Waals surface area contributed by atoms with Crippen molar-refractivity contribution in [1.82, 2.24) is 25.7 Å². The largest absolute Gasteiger partial charge is 0.357 e. The van der Waals surface area contributed by atoms with E-state index in [1.165, 1.54) is 17.7 Å². The predicted octanol–water partition coefficient (Wildman–Crippen LogP) is 2.47. The Morgan fingerprint density at radius 1 is 1.03 bits per heavy atom. The van der Waals surface area contributed by atoms with Gasteiger partial charge in [-0.05, 0) is 54.8 Å². The number of hydrogen-bond acceptors (Lipinski definition) is 3.